The molecule has 0 radical (unpaired) electrons. The van der Waals surface area contributed by atoms with Crippen LogP contribution in [0.3, 0.4) is 0 Å². The number of benzene rings is 3. The van der Waals surface area contributed by atoms with Crippen molar-refractivity contribution in [2.45, 2.75) is 27.7 Å². The predicted molar refractivity (Wildman–Crippen MR) is 173 cm³/mol. The average molecular weight is 681 g/mol. The summed E-state index contributed by atoms with van der Waals surface area (Å²) in [5.74, 6) is 1.52. The van der Waals surface area contributed by atoms with Crippen LogP contribution >= 0.6 is 34.4 Å². The van der Waals surface area contributed by atoms with E-state index in [1.807, 2.05) is 76.2 Å². The highest BCUT2D eigenvalue weighted by atomic mass is 127. The van der Waals surface area contributed by atoms with Gasteiger partial charge in [-0.05, 0) is 96.9 Å². The summed E-state index contributed by atoms with van der Waals surface area (Å²) in [6.45, 7) is 9.11. The van der Waals surface area contributed by atoms with Gasteiger partial charge in [-0.25, -0.2) is 0 Å². The van der Waals surface area contributed by atoms with E-state index < -0.39 is 5.91 Å². The number of amidine groups is 2. The summed E-state index contributed by atoms with van der Waals surface area (Å²) in [5.41, 5.74) is 5.06. The molecule has 1 amide bonds. The molecular weight excluding hydrogens is 651 g/mol. The van der Waals surface area contributed by atoms with E-state index in [9.17, 15) is 4.79 Å². The van der Waals surface area contributed by atoms with Crippen LogP contribution in [-0.2, 0) is 4.79 Å². The van der Waals surface area contributed by atoms with Crippen molar-refractivity contribution in [1.29, 1.82) is 5.41 Å². The maximum absolute atomic E-state index is 13.0. The van der Waals surface area contributed by atoms with Gasteiger partial charge in [0.25, 0.3) is 5.91 Å². The maximum Gasteiger partial charge on any atom is 0.283 e. The first-order valence-corrected chi connectivity index (χ1v) is 15.0. The van der Waals surface area contributed by atoms with Crippen LogP contribution in [0.2, 0.25) is 0 Å². The number of carbonyl (C=O) groups excluding carboxylic acids is 1. The van der Waals surface area contributed by atoms with Crippen molar-refractivity contribution in [1.82, 2.24) is 5.01 Å². The summed E-state index contributed by atoms with van der Waals surface area (Å²) in [6.07, 6.45) is 1.65. The standard InChI is InChI=1S/C31H29IN4O4S/c1-5-38-25-17-21(16-24(32)27(25)40-14-13-39-26-19(3)7-6-8-20(26)4)15-23-28(33)36-31(34-29(23)37)41-30(35-36)22-11-9-18(2)10-12-22/h6-12,15-17,33H,5,13-14H2,1-4H3/b23-15-,33-28?. The molecule has 0 atom stereocenters. The van der Waals surface area contributed by atoms with E-state index in [0.29, 0.717) is 47.1 Å². The van der Waals surface area contributed by atoms with Crippen LogP contribution in [0, 0.1) is 29.8 Å². The second-order valence-corrected chi connectivity index (χ2v) is 11.6. The van der Waals surface area contributed by atoms with Crippen molar-refractivity contribution >= 4 is 62.4 Å². The van der Waals surface area contributed by atoms with E-state index in [2.05, 4.69) is 32.7 Å². The minimum absolute atomic E-state index is 0.0217. The second kappa shape index (κ2) is 12.5. The molecule has 0 unspecified atom stereocenters. The number of thioether (sulfide) groups is 1. The number of hydrogen-bond donors (Lipinski definition) is 1. The SMILES string of the molecule is CCOc1cc(/C=C2/C(=N)N3N=C(c4ccc(C)cc4)SC3=NC2=O)cc(I)c1OCCOc1c(C)cccc1C. The van der Waals surface area contributed by atoms with Crippen LogP contribution in [0.25, 0.3) is 6.08 Å². The van der Waals surface area contributed by atoms with E-state index in [-0.39, 0.29) is 11.4 Å². The van der Waals surface area contributed by atoms with Gasteiger partial charge < -0.3 is 14.2 Å². The number of para-hydroxylation sites is 1. The van der Waals surface area contributed by atoms with Gasteiger partial charge in [0.2, 0.25) is 5.17 Å². The van der Waals surface area contributed by atoms with Crippen molar-refractivity contribution in [2.24, 2.45) is 10.1 Å². The summed E-state index contributed by atoms with van der Waals surface area (Å²) in [7, 11) is 0. The number of fused-ring (bicyclic) bond motifs is 1. The highest BCUT2D eigenvalue weighted by molar-refractivity contribution is 14.1. The third kappa shape index (κ3) is 6.33. The number of halogens is 1. The molecule has 1 N–H and O–H groups in total. The summed E-state index contributed by atoms with van der Waals surface area (Å²) in [5, 5.41) is 15.8. The van der Waals surface area contributed by atoms with Crippen molar-refractivity contribution < 1.29 is 19.0 Å². The fraction of sp³-hybridized carbons (Fsp3) is 0.226. The van der Waals surface area contributed by atoms with Gasteiger partial charge in [0.05, 0.1) is 15.8 Å². The summed E-state index contributed by atoms with van der Waals surface area (Å²) >= 11 is 3.47. The fourth-order valence-electron chi connectivity index (χ4n) is 4.36. The Hall–Kier alpha value is -3.64. The molecule has 0 aromatic heterocycles. The Balaban J connectivity index is 1.34. The van der Waals surface area contributed by atoms with Crippen LogP contribution in [-0.4, -0.2) is 46.8 Å². The van der Waals surface area contributed by atoms with Gasteiger partial charge in [0.1, 0.15) is 24.0 Å². The lowest BCUT2D eigenvalue weighted by molar-refractivity contribution is -0.114. The Kier molecular flexibility index (Phi) is 8.79. The van der Waals surface area contributed by atoms with E-state index in [1.54, 1.807) is 12.1 Å². The van der Waals surface area contributed by atoms with E-state index in [0.717, 1.165) is 31.6 Å². The van der Waals surface area contributed by atoms with Crippen LogP contribution in [0.1, 0.15) is 34.7 Å². The largest absolute Gasteiger partial charge is 0.490 e. The minimum Gasteiger partial charge on any atom is -0.490 e. The molecule has 0 saturated heterocycles. The molecule has 8 nitrogen and oxygen atoms in total. The lowest BCUT2D eigenvalue weighted by Gasteiger charge is -2.20. The molecule has 0 aliphatic carbocycles. The lowest BCUT2D eigenvalue weighted by Crippen LogP contribution is -2.35. The molecule has 2 heterocycles. The Bertz CT molecular complexity index is 1590. The van der Waals surface area contributed by atoms with Gasteiger partial charge in [0.15, 0.2) is 17.3 Å². The molecule has 5 rings (SSSR count). The molecule has 2 aliphatic rings. The summed E-state index contributed by atoms with van der Waals surface area (Å²) in [6, 6.07) is 17.7. The lowest BCUT2D eigenvalue weighted by atomic mass is 10.1. The Morgan fingerprint density at radius 3 is 2.34 bits per heavy atom. The predicted octanol–water partition coefficient (Wildman–Crippen LogP) is 6.74. The average Bonchev–Trinajstić information content (AvgIpc) is 3.36. The first-order valence-electron chi connectivity index (χ1n) is 13.1. The molecule has 3 aromatic carbocycles. The van der Waals surface area contributed by atoms with Gasteiger partial charge in [-0.15, -0.1) is 0 Å². The van der Waals surface area contributed by atoms with Gasteiger partial charge in [0, 0.05) is 5.56 Å². The topological polar surface area (TPSA) is 96.6 Å². The number of aliphatic imine (C=N–C) groups is 1. The van der Waals surface area contributed by atoms with Crippen LogP contribution < -0.4 is 14.2 Å². The second-order valence-electron chi connectivity index (χ2n) is 9.47. The first-order chi connectivity index (χ1) is 19.7. The summed E-state index contributed by atoms with van der Waals surface area (Å²) < 4.78 is 18.8. The Morgan fingerprint density at radius 1 is 0.976 bits per heavy atom. The van der Waals surface area contributed by atoms with Gasteiger partial charge in [-0.1, -0.05) is 48.0 Å². The highest BCUT2D eigenvalue weighted by Crippen LogP contribution is 2.36. The van der Waals surface area contributed by atoms with E-state index >= 15 is 0 Å². The number of hydrogen-bond acceptors (Lipinski definition) is 7. The zero-order valence-electron chi connectivity index (χ0n) is 23.2. The number of rotatable bonds is 9. The number of aryl methyl sites for hydroxylation is 3. The smallest absolute Gasteiger partial charge is 0.283 e. The number of amides is 1. The quantitative estimate of drug-likeness (QED) is 0.153. The Labute approximate surface area is 257 Å². The van der Waals surface area contributed by atoms with Crippen LogP contribution in [0.15, 0.2) is 70.3 Å². The third-order valence-corrected chi connectivity index (χ3v) is 8.14. The number of hydrazone groups is 1. The Morgan fingerprint density at radius 2 is 1.66 bits per heavy atom. The molecule has 210 valence electrons. The minimum atomic E-state index is -0.481. The molecule has 41 heavy (non-hydrogen) atoms. The van der Waals surface area contributed by atoms with E-state index in [4.69, 9.17) is 19.6 Å². The molecule has 0 spiro atoms. The van der Waals surface area contributed by atoms with Crippen molar-refractivity contribution in [3.8, 4) is 17.2 Å². The molecule has 0 bridgehead atoms. The molecule has 0 saturated carbocycles. The zero-order chi connectivity index (χ0) is 29.1. The highest BCUT2D eigenvalue weighted by Gasteiger charge is 2.36. The van der Waals surface area contributed by atoms with Gasteiger partial charge >= 0.3 is 0 Å². The number of ether oxygens (including phenoxy) is 3. The van der Waals surface area contributed by atoms with Crippen molar-refractivity contribution in [3.05, 3.63) is 91.6 Å². The summed E-state index contributed by atoms with van der Waals surface area (Å²) in [4.78, 5) is 17.2. The molecule has 2 aliphatic heterocycles. The molecule has 10 heteroatoms. The third-order valence-electron chi connectivity index (χ3n) is 6.38. The number of nitrogens with zero attached hydrogens (tertiary/aromatic N) is 3. The van der Waals surface area contributed by atoms with E-state index in [1.165, 1.54) is 16.8 Å². The van der Waals surface area contributed by atoms with Gasteiger partial charge in [-0.3, -0.25) is 10.2 Å². The number of carbonyl (C=O) groups is 1. The monoisotopic (exact) mass is 680 g/mol. The van der Waals surface area contributed by atoms with Crippen LogP contribution in [0.4, 0.5) is 0 Å². The van der Waals surface area contributed by atoms with Crippen molar-refractivity contribution in [3.63, 3.8) is 0 Å². The van der Waals surface area contributed by atoms with Crippen LogP contribution in [0.5, 0.6) is 17.2 Å². The molecule has 3 aromatic rings. The van der Waals surface area contributed by atoms with Gasteiger partial charge in [-0.2, -0.15) is 15.1 Å². The number of nitrogens with one attached hydrogen (secondary N) is 1. The molecular formula is C31H29IN4O4S. The van der Waals surface area contributed by atoms with Crippen molar-refractivity contribution in [2.75, 3.05) is 19.8 Å². The normalized spacial score (nSPS) is 15.5. The molecule has 0 fully saturated rings. The zero-order valence-corrected chi connectivity index (χ0v) is 26.1. The fourth-order valence-corrected chi connectivity index (χ4v) is 6.04. The maximum atomic E-state index is 13.0. The first kappa shape index (κ1) is 28.9.